The fourth-order valence-electron chi connectivity index (χ4n) is 2.58. The van der Waals surface area contributed by atoms with E-state index in [-0.39, 0.29) is 12.0 Å². The third-order valence-corrected chi connectivity index (χ3v) is 4.19. The van der Waals surface area contributed by atoms with Crippen molar-refractivity contribution in [1.29, 1.82) is 0 Å². The Morgan fingerprint density at radius 2 is 1.96 bits per heavy atom. The quantitative estimate of drug-likeness (QED) is 0.312. The summed E-state index contributed by atoms with van der Waals surface area (Å²) in [5, 5.41) is 3.47. The van der Waals surface area contributed by atoms with E-state index >= 15 is 0 Å². The van der Waals surface area contributed by atoms with Crippen molar-refractivity contribution in [2.75, 3.05) is 7.11 Å². The van der Waals surface area contributed by atoms with Gasteiger partial charge in [-0.15, -0.1) is 0 Å². The number of alkyl halides is 2. The molecule has 1 unspecified atom stereocenters. The van der Waals surface area contributed by atoms with E-state index in [0.717, 1.165) is 18.0 Å². The number of carbonyl (C=O) groups is 1. The second-order valence-corrected chi connectivity index (χ2v) is 6.09. The van der Waals surface area contributed by atoms with Crippen LogP contribution in [0.5, 0.6) is 0 Å². The Hall–Kier alpha value is -2.20. The Morgan fingerprint density at radius 3 is 2.52 bits per heavy atom. The summed E-state index contributed by atoms with van der Waals surface area (Å²) in [5.41, 5.74) is -1.52. The normalized spacial score (nSPS) is 12.5. The molecule has 0 aliphatic rings. The van der Waals surface area contributed by atoms with Crippen LogP contribution in [0.25, 0.3) is 0 Å². The van der Waals surface area contributed by atoms with Gasteiger partial charge in [0.2, 0.25) is 0 Å². The maximum atomic E-state index is 14.0. The molecular weight excluding hydrogens is 397 g/mol. The fraction of sp³-hybridized carbons (Fsp3) is 0.375. The van der Waals surface area contributed by atoms with Crippen molar-refractivity contribution in [3.05, 3.63) is 51.6 Å². The molecule has 1 heterocycles. The Labute approximate surface area is 156 Å². The molecule has 148 valence electrons. The summed E-state index contributed by atoms with van der Waals surface area (Å²) in [7, 11) is 2.47. The van der Waals surface area contributed by atoms with E-state index in [1.165, 1.54) is 14.0 Å². The average molecular weight is 412 g/mol. The number of rotatable bonds is 6. The highest BCUT2D eigenvalue weighted by atomic mass is 35.5. The summed E-state index contributed by atoms with van der Waals surface area (Å²) >= 11 is 5.65. The van der Waals surface area contributed by atoms with Crippen LogP contribution in [0.4, 0.5) is 22.0 Å². The van der Waals surface area contributed by atoms with E-state index in [4.69, 9.17) is 16.4 Å². The standard InChI is InChI=1S/C16H15ClF5N3O2/c1-7(4-8-10(18)5-11(19)13(20)12(8)17)25(27-3)16(26)9-6-24(2)23-14(9)15(21)22/h5-7,15H,4H2,1-3H3. The lowest BCUT2D eigenvalue weighted by atomic mass is 10.0. The van der Waals surface area contributed by atoms with Crippen LogP contribution in [0, 0.1) is 17.5 Å². The molecule has 0 fully saturated rings. The second-order valence-electron chi connectivity index (χ2n) is 5.72. The van der Waals surface area contributed by atoms with Crippen LogP contribution >= 0.6 is 11.6 Å². The number of amides is 1. The maximum Gasteiger partial charge on any atom is 0.282 e. The molecule has 0 aliphatic carbocycles. The predicted molar refractivity (Wildman–Crippen MR) is 85.8 cm³/mol. The van der Waals surface area contributed by atoms with Gasteiger partial charge in [0.15, 0.2) is 11.6 Å². The summed E-state index contributed by atoms with van der Waals surface area (Å²) < 4.78 is 67.9. The van der Waals surface area contributed by atoms with Gasteiger partial charge in [-0.2, -0.15) is 5.10 Å². The molecule has 0 saturated heterocycles. The number of benzene rings is 1. The van der Waals surface area contributed by atoms with Gasteiger partial charge in [-0.1, -0.05) is 11.6 Å². The van der Waals surface area contributed by atoms with Gasteiger partial charge in [-0.05, 0) is 13.3 Å². The second kappa shape index (κ2) is 8.22. The molecular formula is C16H15ClF5N3O2. The molecule has 0 radical (unpaired) electrons. The molecule has 0 saturated carbocycles. The lowest BCUT2D eigenvalue weighted by Gasteiger charge is -2.27. The van der Waals surface area contributed by atoms with Gasteiger partial charge in [0.25, 0.3) is 12.3 Å². The molecule has 1 aromatic carbocycles. The molecule has 11 heteroatoms. The maximum absolute atomic E-state index is 14.0. The van der Waals surface area contributed by atoms with E-state index in [0.29, 0.717) is 11.1 Å². The molecule has 1 atom stereocenters. The number of halogens is 6. The zero-order valence-corrected chi connectivity index (χ0v) is 15.2. The van der Waals surface area contributed by atoms with Crippen molar-refractivity contribution >= 4 is 17.5 Å². The van der Waals surface area contributed by atoms with Gasteiger partial charge in [-0.25, -0.2) is 27.0 Å². The SMILES string of the molecule is CON(C(=O)c1cn(C)nc1C(F)F)C(C)Cc1c(F)cc(F)c(F)c1Cl. The van der Waals surface area contributed by atoms with Gasteiger partial charge in [0, 0.05) is 24.9 Å². The molecule has 0 N–H and O–H groups in total. The largest absolute Gasteiger partial charge is 0.282 e. The highest BCUT2D eigenvalue weighted by Crippen LogP contribution is 2.28. The minimum Gasteiger partial charge on any atom is -0.275 e. The molecule has 0 bridgehead atoms. The van der Waals surface area contributed by atoms with Crippen molar-refractivity contribution in [1.82, 2.24) is 14.8 Å². The van der Waals surface area contributed by atoms with Gasteiger partial charge in [0.1, 0.15) is 11.5 Å². The Balaban J connectivity index is 2.33. The van der Waals surface area contributed by atoms with E-state index in [2.05, 4.69) is 5.10 Å². The van der Waals surface area contributed by atoms with Crippen LogP contribution in [0.15, 0.2) is 12.3 Å². The van der Waals surface area contributed by atoms with Gasteiger partial charge < -0.3 is 0 Å². The Morgan fingerprint density at radius 1 is 1.33 bits per heavy atom. The number of carbonyl (C=O) groups excluding carboxylic acids is 1. The van der Waals surface area contributed by atoms with Gasteiger partial charge in [0.05, 0.1) is 23.7 Å². The first kappa shape index (κ1) is 21.1. The van der Waals surface area contributed by atoms with Crippen molar-refractivity contribution < 1.29 is 31.6 Å². The first-order valence-electron chi connectivity index (χ1n) is 7.59. The number of aromatic nitrogens is 2. The van der Waals surface area contributed by atoms with Crippen LogP contribution < -0.4 is 0 Å². The summed E-state index contributed by atoms with van der Waals surface area (Å²) in [6.45, 7) is 1.40. The van der Waals surface area contributed by atoms with Crippen LogP contribution in [0.3, 0.4) is 0 Å². The van der Waals surface area contributed by atoms with Gasteiger partial charge in [-0.3, -0.25) is 14.3 Å². The van der Waals surface area contributed by atoms with Crippen molar-refractivity contribution in [2.24, 2.45) is 7.05 Å². The third kappa shape index (κ3) is 4.22. The third-order valence-electron chi connectivity index (χ3n) is 3.80. The minimum absolute atomic E-state index is 0.332. The summed E-state index contributed by atoms with van der Waals surface area (Å²) in [6.07, 6.45) is -2.27. The first-order chi connectivity index (χ1) is 12.6. The number of aryl methyl sites for hydroxylation is 1. The van der Waals surface area contributed by atoms with E-state index < -0.39 is 52.1 Å². The number of hydrogen-bond donors (Lipinski definition) is 0. The average Bonchev–Trinajstić information content (AvgIpc) is 2.99. The van der Waals surface area contributed by atoms with Crippen molar-refractivity contribution in [3.8, 4) is 0 Å². The Bertz CT molecular complexity index is 859. The minimum atomic E-state index is -3.00. The number of nitrogens with zero attached hydrogens (tertiary/aromatic N) is 3. The van der Waals surface area contributed by atoms with Crippen LogP contribution in [0.1, 0.15) is 35.0 Å². The number of hydrogen-bond acceptors (Lipinski definition) is 3. The molecule has 0 spiro atoms. The Kier molecular flexibility index (Phi) is 6.42. The summed E-state index contributed by atoms with van der Waals surface area (Å²) in [6, 6.07) is -0.622. The molecule has 27 heavy (non-hydrogen) atoms. The zero-order valence-electron chi connectivity index (χ0n) is 14.4. The van der Waals surface area contributed by atoms with Crippen LogP contribution in [0.2, 0.25) is 5.02 Å². The molecule has 2 aromatic rings. The highest BCUT2D eigenvalue weighted by Gasteiger charge is 2.30. The topological polar surface area (TPSA) is 47.4 Å². The lowest BCUT2D eigenvalue weighted by molar-refractivity contribution is -0.119. The summed E-state index contributed by atoms with van der Waals surface area (Å²) in [4.78, 5) is 17.5. The zero-order chi connectivity index (χ0) is 20.5. The van der Waals surface area contributed by atoms with Crippen molar-refractivity contribution in [2.45, 2.75) is 25.8 Å². The molecule has 1 aromatic heterocycles. The van der Waals surface area contributed by atoms with E-state index in [1.807, 2.05) is 0 Å². The van der Waals surface area contributed by atoms with E-state index in [1.54, 1.807) is 0 Å². The van der Waals surface area contributed by atoms with Crippen molar-refractivity contribution in [3.63, 3.8) is 0 Å². The first-order valence-corrected chi connectivity index (χ1v) is 7.97. The smallest absolute Gasteiger partial charge is 0.275 e. The van der Waals surface area contributed by atoms with Crippen LogP contribution in [-0.2, 0) is 18.3 Å². The summed E-state index contributed by atoms with van der Waals surface area (Å²) in [5.74, 6) is -4.94. The number of hydroxylamine groups is 2. The lowest BCUT2D eigenvalue weighted by Crippen LogP contribution is -2.39. The molecule has 2 rings (SSSR count). The molecule has 5 nitrogen and oxygen atoms in total. The molecule has 0 aliphatic heterocycles. The van der Waals surface area contributed by atoms with Crippen LogP contribution in [-0.4, -0.2) is 33.9 Å². The van der Waals surface area contributed by atoms with E-state index in [9.17, 15) is 26.7 Å². The predicted octanol–water partition coefficient (Wildman–Crippen LogP) is 4.06. The highest BCUT2D eigenvalue weighted by molar-refractivity contribution is 6.31. The molecule has 1 amide bonds. The van der Waals surface area contributed by atoms with Gasteiger partial charge >= 0.3 is 0 Å². The fourth-order valence-corrected chi connectivity index (χ4v) is 2.84. The monoisotopic (exact) mass is 411 g/mol.